The number of rotatable bonds is 3. The Morgan fingerprint density at radius 1 is 1.53 bits per heavy atom. The van der Waals surface area contributed by atoms with Gasteiger partial charge in [-0.1, -0.05) is 0 Å². The van der Waals surface area contributed by atoms with E-state index in [9.17, 15) is 5.11 Å². The number of methoxy groups -OCH3 is 1. The molecule has 2 saturated heterocycles. The Labute approximate surface area is 97.7 Å². The van der Waals surface area contributed by atoms with Gasteiger partial charge in [-0.2, -0.15) is 0 Å². The SMILES string of the molecule is COC[C@H]1[Se][C@](C)(CO)[C@H]2CC[C@]1(C)O2. The molecule has 0 unspecified atom stereocenters. The van der Waals surface area contributed by atoms with Crippen molar-refractivity contribution in [3.8, 4) is 0 Å². The van der Waals surface area contributed by atoms with Gasteiger partial charge in [0.05, 0.1) is 0 Å². The first-order valence-electron chi connectivity index (χ1n) is 5.49. The fourth-order valence-electron chi connectivity index (χ4n) is 2.55. The molecule has 2 heterocycles. The number of hydrogen-bond donors (Lipinski definition) is 1. The minimum absolute atomic E-state index is 0.00773. The Bertz CT molecular complexity index is 248. The van der Waals surface area contributed by atoms with Crippen LogP contribution in [0.1, 0.15) is 26.7 Å². The Morgan fingerprint density at radius 3 is 2.87 bits per heavy atom. The van der Waals surface area contributed by atoms with Gasteiger partial charge in [-0.05, 0) is 0 Å². The van der Waals surface area contributed by atoms with Crippen LogP contribution in [-0.4, -0.2) is 52.1 Å². The Hall–Kier alpha value is 0.399. The summed E-state index contributed by atoms with van der Waals surface area (Å²) in [5.41, 5.74) is 0.00928. The average molecular weight is 279 g/mol. The third-order valence-electron chi connectivity index (χ3n) is 3.72. The van der Waals surface area contributed by atoms with E-state index in [1.807, 2.05) is 0 Å². The third kappa shape index (κ3) is 1.87. The fraction of sp³-hybridized carbons (Fsp3) is 1.00. The van der Waals surface area contributed by atoms with Gasteiger partial charge in [-0.15, -0.1) is 0 Å². The van der Waals surface area contributed by atoms with Crippen LogP contribution in [-0.2, 0) is 9.47 Å². The molecular formula is C11H20O3Se. The van der Waals surface area contributed by atoms with E-state index in [0.29, 0.717) is 19.8 Å². The molecule has 88 valence electrons. The number of fused-ring (bicyclic) bond motifs is 2. The number of ether oxygens (including phenoxy) is 2. The van der Waals surface area contributed by atoms with Crippen LogP contribution in [0.2, 0.25) is 9.13 Å². The molecular weight excluding hydrogens is 259 g/mol. The van der Waals surface area contributed by atoms with Crippen LogP contribution in [0.5, 0.6) is 0 Å². The van der Waals surface area contributed by atoms with E-state index in [-0.39, 0.29) is 22.6 Å². The topological polar surface area (TPSA) is 38.7 Å². The normalized spacial score (nSPS) is 49.6. The summed E-state index contributed by atoms with van der Waals surface area (Å²) in [4.78, 5) is 0.478. The Balaban J connectivity index is 2.18. The van der Waals surface area contributed by atoms with E-state index in [1.54, 1.807) is 7.11 Å². The van der Waals surface area contributed by atoms with Crippen LogP contribution >= 0.6 is 0 Å². The second-order valence-corrected chi connectivity index (χ2v) is 8.64. The number of hydrogen-bond acceptors (Lipinski definition) is 3. The number of aliphatic hydroxyl groups excluding tert-OH is 1. The molecule has 0 spiro atoms. The van der Waals surface area contributed by atoms with E-state index in [2.05, 4.69) is 13.8 Å². The van der Waals surface area contributed by atoms with E-state index in [1.165, 1.54) is 0 Å². The van der Waals surface area contributed by atoms with Crippen LogP contribution in [0.4, 0.5) is 0 Å². The average Bonchev–Trinajstić information content (AvgIpc) is 2.58. The molecule has 2 bridgehead atoms. The van der Waals surface area contributed by atoms with Crippen molar-refractivity contribution in [3.05, 3.63) is 0 Å². The number of aliphatic hydroxyl groups is 1. The summed E-state index contributed by atoms with van der Waals surface area (Å²) >= 11 is 0.395. The van der Waals surface area contributed by atoms with Crippen molar-refractivity contribution in [2.75, 3.05) is 20.3 Å². The third-order valence-corrected chi connectivity index (χ3v) is 7.60. The Morgan fingerprint density at radius 2 is 2.27 bits per heavy atom. The molecule has 1 N–H and O–H groups in total. The predicted molar refractivity (Wildman–Crippen MR) is 59.3 cm³/mol. The summed E-state index contributed by atoms with van der Waals surface area (Å²) in [6.45, 7) is 5.37. The van der Waals surface area contributed by atoms with E-state index < -0.39 is 0 Å². The predicted octanol–water partition coefficient (Wildman–Crippen LogP) is 1.25. The molecule has 4 atom stereocenters. The minimum atomic E-state index is -0.00773. The summed E-state index contributed by atoms with van der Waals surface area (Å²) in [6.07, 6.45) is 2.47. The molecule has 4 heteroatoms. The molecule has 2 fully saturated rings. The van der Waals surface area contributed by atoms with Gasteiger partial charge in [-0.3, -0.25) is 0 Å². The zero-order chi connectivity index (χ0) is 11.1. The van der Waals surface area contributed by atoms with Gasteiger partial charge in [0.2, 0.25) is 0 Å². The zero-order valence-corrected chi connectivity index (χ0v) is 11.4. The maximum atomic E-state index is 9.54. The van der Waals surface area contributed by atoms with Gasteiger partial charge in [0, 0.05) is 0 Å². The first-order chi connectivity index (χ1) is 7.04. The van der Waals surface area contributed by atoms with Crippen molar-refractivity contribution in [2.24, 2.45) is 0 Å². The molecule has 0 radical (unpaired) electrons. The summed E-state index contributed by atoms with van der Waals surface area (Å²) < 4.78 is 11.4. The van der Waals surface area contributed by atoms with Crippen LogP contribution in [0.15, 0.2) is 0 Å². The van der Waals surface area contributed by atoms with Crippen molar-refractivity contribution >= 4 is 15.0 Å². The van der Waals surface area contributed by atoms with Crippen molar-refractivity contribution in [1.29, 1.82) is 0 Å². The molecule has 0 aromatic heterocycles. The summed E-state index contributed by atoms with van der Waals surface area (Å²) in [5, 5.41) is 9.54. The van der Waals surface area contributed by atoms with Gasteiger partial charge >= 0.3 is 97.4 Å². The van der Waals surface area contributed by atoms with Crippen LogP contribution in [0, 0.1) is 0 Å². The standard InChI is InChI=1S/C11H20O3Se/c1-10-5-4-8(14-10)11(2,7-12)15-9(10)6-13-3/h8-9,12H,4-7H2,1-3H3/t8-,9-,10+,11-/m1/s1. The first kappa shape index (κ1) is 11.9. The summed E-state index contributed by atoms with van der Waals surface area (Å²) in [5.74, 6) is 0. The maximum absolute atomic E-state index is 9.54. The van der Waals surface area contributed by atoms with Gasteiger partial charge in [-0.25, -0.2) is 0 Å². The van der Waals surface area contributed by atoms with Crippen LogP contribution in [0.25, 0.3) is 0 Å². The van der Waals surface area contributed by atoms with Crippen molar-refractivity contribution < 1.29 is 14.6 Å². The van der Waals surface area contributed by atoms with Crippen molar-refractivity contribution in [3.63, 3.8) is 0 Å². The van der Waals surface area contributed by atoms with E-state index in [4.69, 9.17) is 9.47 Å². The van der Waals surface area contributed by atoms with Crippen LogP contribution < -0.4 is 0 Å². The van der Waals surface area contributed by atoms with Crippen LogP contribution in [0.3, 0.4) is 0 Å². The van der Waals surface area contributed by atoms with E-state index >= 15 is 0 Å². The summed E-state index contributed by atoms with van der Waals surface area (Å²) in [6, 6.07) is 0. The molecule has 2 aliphatic rings. The molecule has 2 rings (SSSR count). The molecule has 15 heavy (non-hydrogen) atoms. The molecule has 0 aromatic carbocycles. The molecule has 0 saturated carbocycles. The summed E-state index contributed by atoms with van der Waals surface area (Å²) in [7, 11) is 1.75. The van der Waals surface area contributed by atoms with Gasteiger partial charge in [0.25, 0.3) is 0 Å². The second kappa shape index (κ2) is 4.01. The van der Waals surface area contributed by atoms with Crippen molar-refractivity contribution in [1.82, 2.24) is 0 Å². The second-order valence-electron chi connectivity index (χ2n) is 4.99. The Kier molecular flexibility index (Phi) is 3.17. The van der Waals surface area contributed by atoms with Gasteiger partial charge < -0.3 is 0 Å². The quantitative estimate of drug-likeness (QED) is 0.790. The zero-order valence-electron chi connectivity index (χ0n) is 9.66. The molecule has 0 aliphatic carbocycles. The van der Waals surface area contributed by atoms with Crippen molar-refractivity contribution in [2.45, 2.75) is 47.5 Å². The first-order valence-corrected chi connectivity index (χ1v) is 7.34. The van der Waals surface area contributed by atoms with E-state index in [0.717, 1.165) is 19.4 Å². The molecule has 0 amide bonds. The molecule has 2 aliphatic heterocycles. The van der Waals surface area contributed by atoms with Gasteiger partial charge in [0.15, 0.2) is 0 Å². The van der Waals surface area contributed by atoms with Gasteiger partial charge in [0.1, 0.15) is 0 Å². The fourth-order valence-corrected chi connectivity index (χ4v) is 6.06. The monoisotopic (exact) mass is 280 g/mol. The molecule has 0 aromatic rings. The molecule has 3 nitrogen and oxygen atoms in total.